The molecule has 2 aliphatic carbocycles. The summed E-state index contributed by atoms with van der Waals surface area (Å²) in [5, 5.41) is 0. The summed E-state index contributed by atoms with van der Waals surface area (Å²) in [5.41, 5.74) is 3.85. The summed E-state index contributed by atoms with van der Waals surface area (Å²) in [4.78, 5) is 0. The van der Waals surface area contributed by atoms with E-state index >= 15 is 0 Å². The van der Waals surface area contributed by atoms with Gasteiger partial charge in [0.2, 0.25) is 0 Å². The molecule has 1 saturated carbocycles. The van der Waals surface area contributed by atoms with Crippen molar-refractivity contribution in [1.29, 1.82) is 0 Å². The standard InChI is InChI=1S/C16H20/c1-15(2)13-9-10-16(15,3)14(11-13)12-7-5-4-6-8-12/h4-8,11,13H,9-10H2,1-3H3/t13-,16+/m0/s1. The number of benzene rings is 1. The van der Waals surface area contributed by atoms with Gasteiger partial charge in [-0.15, -0.1) is 0 Å². The highest BCUT2D eigenvalue weighted by molar-refractivity contribution is 5.75. The van der Waals surface area contributed by atoms with Gasteiger partial charge in [-0.25, -0.2) is 0 Å². The van der Waals surface area contributed by atoms with E-state index < -0.39 is 0 Å². The Balaban J connectivity index is 2.10. The van der Waals surface area contributed by atoms with Crippen LogP contribution in [0.15, 0.2) is 36.4 Å². The second-order valence-corrected chi connectivity index (χ2v) is 6.15. The fraction of sp³-hybridized carbons (Fsp3) is 0.500. The van der Waals surface area contributed by atoms with E-state index in [1.54, 1.807) is 5.57 Å². The van der Waals surface area contributed by atoms with Gasteiger partial charge in [0.15, 0.2) is 0 Å². The van der Waals surface area contributed by atoms with Crippen molar-refractivity contribution in [2.24, 2.45) is 16.7 Å². The highest BCUT2D eigenvalue weighted by atomic mass is 14.6. The molecule has 0 spiro atoms. The zero-order valence-corrected chi connectivity index (χ0v) is 10.5. The van der Waals surface area contributed by atoms with Crippen molar-refractivity contribution in [2.45, 2.75) is 33.6 Å². The Labute approximate surface area is 98.4 Å². The lowest BCUT2D eigenvalue weighted by Crippen LogP contribution is -2.29. The van der Waals surface area contributed by atoms with Crippen molar-refractivity contribution in [1.82, 2.24) is 0 Å². The molecule has 3 rings (SSSR count). The summed E-state index contributed by atoms with van der Waals surface area (Å²) in [7, 11) is 0. The molecular weight excluding hydrogens is 192 g/mol. The minimum atomic E-state index is 0.388. The smallest absolute Gasteiger partial charge is 0.00155 e. The topological polar surface area (TPSA) is 0 Å². The van der Waals surface area contributed by atoms with Crippen molar-refractivity contribution < 1.29 is 0 Å². The Hall–Kier alpha value is -1.04. The minimum absolute atomic E-state index is 0.388. The maximum atomic E-state index is 2.54. The van der Waals surface area contributed by atoms with Crippen LogP contribution in [0.5, 0.6) is 0 Å². The van der Waals surface area contributed by atoms with E-state index in [1.165, 1.54) is 18.4 Å². The second kappa shape index (κ2) is 3.00. The van der Waals surface area contributed by atoms with Crippen LogP contribution in [0.3, 0.4) is 0 Å². The number of hydrogen-bond donors (Lipinski definition) is 0. The molecule has 1 fully saturated rings. The SMILES string of the molecule is CC1(C)[C@@H]2C=C(c3ccccc3)[C@@]1(C)CC2. The molecule has 1 aromatic rings. The van der Waals surface area contributed by atoms with Crippen LogP contribution in [-0.4, -0.2) is 0 Å². The third-order valence-corrected chi connectivity index (χ3v) is 5.35. The maximum absolute atomic E-state index is 2.54. The Morgan fingerprint density at radius 3 is 2.25 bits per heavy atom. The van der Waals surface area contributed by atoms with Gasteiger partial charge in [-0.1, -0.05) is 57.2 Å². The predicted octanol–water partition coefficient (Wildman–Crippen LogP) is 4.53. The van der Waals surface area contributed by atoms with Gasteiger partial charge in [-0.3, -0.25) is 0 Å². The molecule has 84 valence electrons. The highest BCUT2D eigenvalue weighted by Crippen LogP contribution is 2.67. The first kappa shape index (κ1) is 10.1. The van der Waals surface area contributed by atoms with Gasteiger partial charge in [0.25, 0.3) is 0 Å². The zero-order chi connectivity index (χ0) is 11.4. The largest absolute Gasteiger partial charge is 0.0765 e. The molecule has 0 nitrogen and oxygen atoms in total. The van der Waals surface area contributed by atoms with E-state index in [4.69, 9.17) is 0 Å². The predicted molar refractivity (Wildman–Crippen MR) is 69.0 cm³/mol. The fourth-order valence-corrected chi connectivity index (χ4v) is 3.73. The van der Waals surface area contributed by atoms with Crippen molar-refractivity contribution in [2.75, 3.05) is 0 Å². The van der Waals surface area contributed by atoms with Gasteiger partial charge in [0.05, 0.1) is 0 Å². The zero-order valence-electron chi connectivity index (χ0n) is 10.5. The Morgan fingerprint density at radius 2 is 1.75 bits per heavy atom. The summed E-state index contributed by atoms with van der Waals surface area (Å²) in [6.07, 6.45) is 5.27. The van der Waals surface area contributed by atoms with E-state index in [2.05, 4.69) is 57.2 Å². The summed E-state index contributed by atoms with van der Waals surface area (Å²) in [6, 6.07) is 10.9. The molecule has 0 unspecified atom stereocenters. The summed E-state index contributed by atoms with van der Waals surface area (Å²) in [5.74, 6) is 0.785. The molecule has 0 heteroatoms. The van der Waals surface area contributed by atoms with Gasteiger partial charge >= 0.3 is 0 Å². The number of fused-ring (bicyclic) bond motifs is 2. The molecule has 0 radical (unpaired) electrons. The highest BCUT2D eigenvalue weighted by Gasteiger charge is 2.56. The molecule has 0 aromatic heterocycles. The molecular formula is C16H20. The van der Waals surface area contributed by atoms with Crippen molar-refractivity contribution >= 4 is 5.57 Å². The minimum Gasteiger partial charge on any atom is -0.0765 e. The van der Waals surface area contributed by atoms with E-state index in [1.807, 2.05) is 0 Å². The van der Waals surface area contributed by atoms with Gasteiger partial charge < -0.3 is 0 Å². The third-order valence-electron chi connectivity index (χ3n) is 5.35. The molecule has 16 heavy (non-hydrogen) atoms. The van der Waals surface area contributed by atoms with Crippen LogP contribution in [0.2, 0.25) is 0 Å². The Morgan fingerprint density at radius 1 is 1.06 bits per heavy atom. The molecule has 0 aliphatic heterocycles. The Kier molecular flexibility index (Phi) is 1.90. The molecule has 0 saturated heterocycles. The van der Waals surface area contributed by atoms with Crippen LogP contribution in [0.1, 0.15) is 39.2 Å². The summed E-state index contributed by atoms with van der Waals surface area (Å²) >= 11 is 0. The van der Waals surface area contributed by atoms with E-state index in [9.17, 15) is 0 Å². The lowest BCUT2D eigenvalue weighted by molar-refractivity contribution is 0.189. The third kappa shape index (κ3) is 1.05. The van der Waals surface area contributed by atoms with Crippen LogP contribution in [0.25, 0.3) is 5.57 Å². The van der Waals surface area contributed by atoms with Gasteiger partial charge in [-0.05, 0) is 40.7 Å². The van der Waals surface area contributed by atoms with Gasteiger partial charge in [0.1, 0.15) is 0 Å². The van der Waals surface area contributed by atoms with E-state index in [-0.39, 0.29) is 0 Å². The normalized spacial score (nSPS) is 35.2. The molecule has 0 heterocycles. The summed E-state index contributed by atoms with van der Waals surface area (Å²) < 4.78 is 0. The van der Waals surface area contributed by atoms with E-state index in [0.29, 0.717) is 10.8 Å². The quantitative estimate of drug-likeness (QED) is 0.641. The molecule has 2 bridgehead atoms. The number of rotatable bonds is 1. The number of allylic oxidation sites excluding steroid dienone is 2. The number of hydrogen-bond acceptors (Lipinski definition) is 0. The van der Waals surface area contributed by atoms with E-state index in [0.717, 1.165) is 5.92 Å². The Bertz CT molecular complexity index is 438. The molecule has 0 amide bonds. The monoisotopic (exact) mass is 212 g/mol. The van der Waals surface area contributed by atoms with Crippen LogP contribution in [0.4, 0.5) is 0 Å². The molecule has 2 aliphatic rings. The van der Waals surface area contributed by atoms with Crippen molar-refractivity contribution in [3.05, 3.63) is 42.0 Å². The van der Waals surface area contributed by atoms with Crippen LogP contribution >= 0.6 is 0 Å². The first-order valence-corrected chi connectivity index (χ1v) is 6.33. The molecule has 1 aromatic carbocycles. The average molecular weight is 212 g/mol. The lowest BCUT2D eigenvalue weighted by Gasteiger charge is -2.37. The van der Waals surface area contributed by atoms with Gasteiger partial charge in [-0.2, -0.15) is 0 Å². The first-order valence-electron chi connectivity index (χ1n) is 6.33. The van der Waals surface area contributed by atoms with Crippen molar-refractivity contribution in [3.8, 4) is 0 Å². The lowest BCUT2D eigenvalue weighted by atomic mass is 9.66. The first-order chi connectivity index (χ1) is 7.56. The van der Waals surface area contributed by atoms with Gasteiger partial charge in [0, 0.05) is 0 Å². The maximum Gasteiger partial charge on any atom is -0.00155 e. The van der Waals surface area contributed by atoms with Crippen molar-refractivity contribution in [3.63, 3.8) is 0 Å². The average Bonchev–Trinajstić information content (AvgIpc) is 2.62. The molecule has 2 atom stereocenters. The second-order valence-electron chi connectivity index (χ2n) is 6.15. The summed E-state index contributed by atoms with van der Waals surface area (Å²) in [6.45, 7) is 7.34. The fourth-order valence-electron chi connectivity index (χ4n) is 3.73. The molecule has 0 N–H and O–H groups in total. The van der Waals surface area contributed by atoms with Crippen LogP contribution < -0.4 is 0 Å². The van der Waals surface area contributed by atoms with Crippen LogP contribution in [0, 0.1) is 16.7 Å². The van der Waals surface area contributed by atoms with Crippen LogP contribution in [-0.2, 0) is 0 Å².